The molecule has 0 saturated heterocycles. The number of ether oxygens (including phenoxy) is 1. The van der Waals surface area contributed by atoms with Crippen LogP contribution in [0.25, 0.3) is 0 Å². The second-order valence-corrected chi connectivity index (χ2v) is 2.79. The van der Waals surface area contributed by atoms with E-state index in [1.807, 2.05) is 0 Å². The molecule has 78 valence electrons. The lowest BCUT2D eigenvalue weighted by Crippen LogP contribution is -2.08. The van der Waals surface area contributed by atoms with Gasteiger partial charge in [0.2, 0.25) is 0 Å². The van der Waals surface area contributed by atoms with Crippen molar-refractivity contribution in [1.29, 1.82) is 0 Å². The Morgan fingerprint density at radius 2 is 2.27 bits per heavy atom. The summed E-state index contributed by atoms with van der Waals surface area (Å²) in [5, 5.41) is 2.60. The van der Waals surface area contributed by atoms with Crippen LogP contribution >= 0.6 is 0 Å². The smallest absolute Gasteiger partial charge is 0.300 e. The number of amides is 1. The summed E-state index contributed by atoms with van der Waals surface area (Å²) in [6, 6.07) is 4.99. The molecular formula is C11H12N2O2. The van der Waals surface area contributed by atoms with Crippen molar-refractivity contribution >= 4 is 17.3 Å². The Morgan fingerprint density at radius 1 is 1.53 bits per heavy atom. The molecule has 4 nitrogen and oxygen atoms in total. The van der Waals surface area contributed by atoms with E-state index in [0.29, 0.717) is 17.1 Å². The molecule has 1 aromatic carbocycles. The minimum atomic E-state index is -0.357. The SMILES string of the molecule is CC#CC(=O)Nc1ccc(N)c(OC)c1. The topological polar surface area (TPSA) is 64.4 Å². The number of benzene rings is 1. The number of anilines is 2. The Kier molecular flexibility index (Phi) is 3.58. The van der Waals surface area contributed by atoms with E-state index in [4.69, 9.17) is 10.5 Å². The summed E-state index contributed by atoms with van der Waals surface area (Å²) in [5.41, 5.74) is 6.75. The maximum Gasteiger partial charge on any atom is 0.300 e. The van der Waals surface area contributed by atoms with Crippen LogP contribution in [-0.2, 0) is 4.79 Å². The van der Waals surface area contributed by atoms with Crippen LogP contribution < -0.4 is 15.8 Å². The van der Waals surface area contributed by atoms with Crippen LogP contribution in [0.3, 0.4) is 0 Å². The maximum atomic E-state index is 11.1. The Hall–Kier alpha value is -2.15. The number of nitrogen functional groups attached to an aromatic ring is 1. The van der Waals surface area contributed by atoms with Gasteiger partial charge in [0.1, 0.15) is 5.75 Å². The first-order valence-electron chi connectivity index (χ1n) is 4.34. The maximum absolute atomic E-state index is 11.1. The summed E-state index contributed by atoms with van der Waals surface area (Å²) in [7, 11) is 1.52. The van der Waals surface area contributed by atoms with E-state index < -0.39 is 0 Å². The molecule has 0 aliphatic rings. The summed E-state index contributed by atoms with van der Waals surface area (Å²) in [5.74, 6) is 5.05. The second-order valence-electron chi connectivity index (χ2n) is 2.79. The minimum absolute atomic E-state index is 0.357. The highest BCUT2D eigenvalue weighted by atomic mass is 16.5. The predicted molar refractivity (Wildman–Crippen MR) is 59.5 cm³/mol. The summed E-state index contributed by atoms with van der Waals surface area (Å²) < 4.78 is 5.01. The molecule has 0 radical (unpaired) electrons. The Labute approximate surface area is 88.4 Å². The van der Waals surface area contributed by atoms with Crippen molar-refractivity contribution in [2.24, 2.45) is 0 Å². The molecule has 0 fully saturated rings. The number of carbonyl (C=O) groups excluding carboxylic acids is 1. The molecule has 0 unspecified atom stereocenters. The van der Waals surface area contributed by atoms with Crippen molar-refractivity contribution in [1.82, 2.24) is 0 Å². The van der Waals surface area contributed by atoms with Crippen LogP contribution in [0.2, 0.25) is 0 Å². The van der Waals surface area contributed by atoms with E-state index in [1.54, 1.807) is 25.1 Å². The number of carbonyl (C=O) groups is 1. The van der Waals surface area contributed by atoms with Gasteiger partial charge in [-0.05, 0) is 25.0 Å². The zero-order chi connectivity index (χ0) is 11.3. The number of hydrogen-bond acceptors (Lipinski definition) is 3. The molecule has 4 heteroatoms. The van der Waals surface area contributed by atoms with Gasteiger partial charge in [0.15, 0.2) is 0 Å². The highest BCUT2D eigenvalue weighted by Gasteiger charge is 2.02. The number of nitrogens with one attached hydrogen (secondary N) is 1. The first-order valence-corrected chi connectivity index (χ1v) is 4.34. The van der Waals surface area contributed by atoms with Gasteiger partial charge in [0.05, 0.1) is 12.8 Å². The van der Waals surface area contributed by atoms with Crippen LogP contribution in [0.5, 0.6) is 5.75 Å². The number of rotatable bonds is 2. The summed E-state index contributed by atoms with van der Waals surface area (Å²) in [4.78, 5) is 11.1. The quantitative estimate of drug-likeness (QED) is 0.562. The van der Waals surface area contributed by atoms with E-state index in [2.05, 4.69) is 17.2 Å². The Bertz CT molecular complexity index is 430. The molecular weight excluding hydrogens is 192 g/mol. The second kappa shape index (κ2) is 4.91. The molecule has 0 aliphatic heterocycles. The van der Waals surface area contributed by atoms with Gasteiger partial charge < -0.3 is 15.8 Å². The van der Waals surface area contributed by atoms with E-state index in [1.165, 1.54) is 7.11 Å². The lowest BCUT2D eigenvalue weighted by molar-refractivity contribution is -0.111. The van der Waals surface area contributed by atoms with Crippen LogP contribution in [0.15, 0.2) is 18.2 Å². The molecule has 0 saturated carbocycles. The summed E-state index contributed by atoms with van der Waals surface area (Å²) in [6.07, 6.45) is 0. The molecule has 0 aliphatic carbocycles. The van der Waals surface area contributed by atoms with Crippen molar-refractivity contribution in [3.63, 3.8) is 0 Å². The number of nitrogens with two attached hydrogens (primary N) is 1. The molecule has 0 atom stereocenters. The Balaban J connectivity index is 2.86. The molecule has 0 spiro atoms. The van der Waals surface area contributed by atoms with Crippen LogP contribution in [-0.4, -0.2) is 13.0 Å². The van der Waals surface area contributed by atoms with Crippen LogP contribution in [0.1, 0.15) is 6.92 Å². The van der Waals surface area contributed by atoms with Gasteiger partial charge in [0.25, 0.3) is 5.91 Å². The fraction of sp³-hybridized carbons (Fsp3) is 0.182. The number of hydrogen-bond donors (Lipinski definition) is 2. The van der Waals surface area contributed by atoms with Crippen LogP contribution in [0, 0.1) is 11.8 Å². The van der Waals surface area contributed by atoms with Gasteiger partial charge in [-0.1, -0.05) is 5.92 Å². The average Bonchev–Trinajstić information content (AvgIpc) is 2.21. The average molecular weight is 204 g/mol. The zero-order valence-electron chi connectivity index (χ0n) is 8.63. The molecule has 1 rings (SSSR count). The van der Waals surface area contributed by atoms with Gasteiger partial charge in [-0.25, -0.2) is 0 Å². The van der Waals surface area contributed by atoms with Gasteiger partial charge in [0, 0.05) is 11.8 Å². The third kappa shape index (κ3) is 2.92. The third-order valence-electron chi connectivity index (χ3n) is 1.73. The number of methoxy groups -OCH3 is 1. The molecule has 1 amide bonds. The molecule has 0 heterocycles. The van der Waals surface area contributed by atoms with E-state index >= 15 is 0 Å². The third-order valence-corrected chi connectivity index (χ3v) is 1.73. The van der Waals surface area contributed by atoms with E-state index in [-0.39, 0.29) is 5.91 Å². The van der Waals surface area contributed by atoms with Gasteiger partial charge in [-0.3, -0.25) is 4.79 Å². The summed E-state index contributed by atoms with van der Waals surface area (Å²) >= 11 is 0. The minimum Gasteiger partial charge on any atom is -0.495 e. The van der Waals surface area contributed by atoms with Crippen molar-refractivity contribution in [3.05, 3.63) is 18.2 Å². The van der Waals surface area contributed by atoms with Crippen molar-refractivity contribution in [2.75, 3.05) is 18.2 Å². The van der Waals surface area contributed by atoms with Gasteiger partial charge >= 0.3 is 0 Å². The largest absolute Gasteiger partial charge is 0.495 e. The highest BCUT2D eigenvalue weighted by molar-refractivity contribution is 6.04. The lowest BCUT2D eigenvalue weighted by atomic mass is 10.2. The molecule has 0 aromatic heterocycles. The van der Waals surface area contributed by atoms with E-state index in [0.717, 1.165) is 0 Å². The van der Waals surface area contributed by atoms with Crippen molar-refractivity contribution in [2.45, 2.75) is 6.92 Å². The van der Waals surface area contributed by atoms with Gasteiger partial charge in [-0.15, -0.1) is 0 Å². The standard InChI is InChI=1S/C11H12N2O2/c1-3-4-11(14)13-8-5-6-9(12)10(7-8)15-2/h5-7H,12H2,1-2H3,(H,13,14). The van der Waals surface area contributed by atoms with Crippen molar-refractivity contribution < 1.29 is 9.53 Å². The molecule has 15 heavy (non-hydrogen) atoms. The zero-order valence-corrected chi connectivity index (χ0v) is 8.63. The molecule has 0 bridgehead atoms. The highest BCUT2D eigenvalue weighted by Crippen LogP contribution is 2.24. The fourth-order valence-electron chi connectivity index (χ4n) is 1.06. The first kappa shape index (κ1) is 10.9. The van der Waals surface area contributed by atoms with Crippen LogP contribution in [0.4, 0.5) is 11.4 Å². The first-order chi connectivity index (χ1) is 7.17. The van der Waals surface area contributed by atoms with E-state index in [9.17, 15) is 4.79 Å². The lowest BCUT2D eigenvalue weighted by Gasteiger charge is -2.06. The predicted octanol–water partition coefficient (Wildman–Crippen LogP) is 1.24. The Morgan fingerprint density at radius 3 is 2.87 bits per heavy atom. The van der Waals surface area contributed by atoms with Gasteiger partial charge in [-0.2, -0.15) is 0 Å². The molecule has 3 N–H and O–H groups in total. The van der Waals surface area contributed by atoms with Crippen molar-refractivity contribution in [3.8, 4) is 17.6 Å². The monoisotopic (exact) mass is 204 g/mol. The normalized spacial score (nSPS) is 8.67. The summed E-state index contributed by atoms with van der Waals surface area (Å²) in [6.45, 7) is 1.60. The fourth-order valence-corrected chi connectivity index (χ4v) is 1.06. The molecule has 1 aromatic rings.